The van der Waals surface area contributed by atoms with Crippen LogP contribution in [0.5, 0.6) is 0 Å². The summed E-state index contributed by atoms with van der Waals surface area (Å²) in [5, 5.41) is 0. The van der Waals surface area contributed by atoms with Gasteiger partial charge in [-0.1, -0.05) is 36.4 Å². The summed E-state index contributed by atoms with van der Waals surface area (Å²) in [6.45, 7) is 7.00. The van der Waals surface area contributed by atoms with Crippen molar-refractivity contribution < 1.29 is 9.59 Å². The maximum Gasteiger partial charge on any atom is 0.242 e. The number of nitrogens with zero attached hydrogens (tertiary/aromatic N) is 2. The second-order valence-corrected chi connectivity index (χ2v) is 7.58. The van der Waals surface area contributed by atoms with Crippen LogP contribution in [-0.4, -0.2) is 40.6 Å². The molecule has 0 saturated carbocycles. The molecule has 1 aromatic heterocycles. The molecule has 0 aliphatic carbocycles. The molecule has 4 nitrogen and oxygen atoms in total. The third-order valence-electron chi connectivity index (χ3n) is 3.85. The molecule has 0 saturated heterocycles. The number of carbonyl (C=O) groups is 2. The van der Waals surface area contributed by atoms with E-state index in [0.717, 1.165) is 10.4 Å². The topological polar surface area (TPSA) is 40.6 Å². The molecule has 0 N–H and O–H groups in total. The number of hydrogen-bond acceptors (Lipinski definition) is 3. The van der Waals surface area contributed by atoms with Crippen LogP contribution in [0.25, 0.3) is 0 Å². The second-order valence-electron chi connectivity index (χ2n) is 5.94. The Bertz CT molecular complexity index is 745. The van der Waals surface area contributed by atoms with Gasteiger partial charge >= 0.3 is 0 Å². The number of carbonyl (C=O) groups excluding carboxylic acids is 2. The van der Waals surface area contributed by atoms with Crippen LogP contribution in [0.15, 0.2) is 55.1 Å². The zero-order valence-electron chi connectivity index (χ0n) is 14.9. The highest BCUT2D eigenvalue weighted by atomic mass is 35.5. The summed E-state index contributed by atoms with van der Waals surface area (Å²) in [7, 11) is 0. The van der Waals surface area contributed by atoms with Crippen LogP contribution in [-0.2, 0) is 22.7 Å². The zero-order valence-corrected chi connectivity index (χ0v) is 16.4. The number of alkyl halides is 1. The van der Waals surface area contributed by atoms with Crippen LogP contribution < -0.4 is 0 Å². The predicted octanol–water partition coefficient (Wildman–Crippen LogP) is 3.84. The summed E-state index contributed by atoms with van der Waals surface area (Å²) in [6.07, 6.45) is 1.60. The highest BCUT2D eigenvalue weighted by Crippen LogP contribution is 2.19. The van der Waals surface area contributed by atoms with Gasteiger partial charge in [-0.2, -0.15) is 0 Å². The first-order valence-electron chi connectivity index (χ1n) is 8.35. The van der Waals surface area contributed by atoms with Gasteiger partial charge in [-0.3, -0.25) is 9.59 Å². The van der Waals surface area contributed by atoms with E-state index in [0.29, 0.717) is 19.6 Å². The minimum atomic E-state index is -0.272. The Morgan fingerprint density at radius 3 is 2.38 bits per heavy atom. The van der Waals surface area contributed by atoms with E-state index in [9.17, 15) is 9.59 Å². The maximum atomic E-state index is 12.9. The molecule has 0 aliphatic rings. The maximum absolute atomic E-state index is 12.9. The summed E-state index contributed by atoms with van der Waals surface area (Å²) in [6, 6.07) is 13.9. The van der Waals surface area contributed by atoms with Crippen molar-refractivity contribution in [3.8, 4) is 0 Å². The number of amides is 2. The van der Waals surface area contributed by atoms with Gasteiger partial charge in [0.25, 0.3) is 0 Å². The first-order chi connectivity index (χ1) is 12.5. The molecular weight excluding hydrogens is 368 g/mol. The van der Waals surface area contributed by atoms with Crippen molar-refractivity contribution in [1.29, 1.82) is 0 Å². The SMILES string of the molecule is C=CCN(CC(=O)N(Cc1ccccc1)Cc1ccc(C)s1)C(=O)CCl. The lowest BCUT2D eigenvalue weighted by atomic mass is 10.2. The Morgan fingerprint density at radius 1 is 1.08 bits per heavy atom. The van der Waals surface area contributed by atoms with Gasteiger partial charge in [0.05, 0.1) is 6.54 Å². The van der Waals surface area contributed by atoms with E-state index in [-0.39, 0.29) is 24.2 Å². The molecule has 6 heteroatoms. The molecule has 2 aromatic rings. The first-order valence-corrected chi connectivity index (χ1v) is 9.70. The number of thiophene rings is 1. The third-order valence-corrected chi connectivity index (χ3v) is 5.07. The summed E-state index contributed by atoms with van der Waals surface area (Å²) in [5.41, 5.74) is 1.05. The molecule has 0 aliphatic heterocycles. The van der Waals surface area contributed by atoms with Gasteiger partial charge in [-0.15, -0.1) is 29.5 Å². The van der Waals surface area contributed by atoms with E-state index < -0.39 is 0 Å². The molecule has 2 rings (SSSR count). The Kier molecular flexibility index (Phi) is 7.88. The predicted molar refractivity (Wildman–Crippen MR) is 107 cm³/mol. The number of aryl methyl sites for hydroxylation is 1. The van der Waals surface area contributed by atoms with Crippen molar-refractivity contribution in [3.05, 3.63) is 70.4 Å². The van der Waals surface area contributed by atoms with Crippen LogP contribution >= 0.6 is 22.9 Å². The van der Waals surface area contributed by atoms with E-state index in [2.05, 4.69) is 6.58 Å². The highest BCUT2D eigenvalue weighted by molar-refractivity contribution is 7.11. The fourth-order valence-electron chi connectivity index (χ4n) is 2.55. The van der Waals surface area contributed by atoms with Crippen LogP contribution in [0.1, 0.15) is 15.3 Å². The molecule has 1 aromatic carbocycles. The summed E-state index contributed by atoms with van der Waals surface area (Å²) in [5.74, 6) is -0.532. The van der Waals surface area contributed by atoms with E-state index in [1.165, 1.54) is 9.78 Å². The standard InChI is InChI=1S/C20H23ClN2O2S/c1-3-11-22(19(24)12-21)15-20(25)23(13-17-7-5-4-6-8-17)14-18-10-9-16(2)26-18/h3-10H,1,11-15H2,2H3. The van der Waals surface area contributed by atoms with Crippen molar-refractivity contribution in [2.24, 2.45) is 0 Å². The number of rotatable bonds is 9. The van der Waals surface area contributed by atoms with Crippen LogP contribution in [0, 0.1) is 6.92 Å². The molecule has 0 spiro atoms. The lowest BCUT2D eigenvalue weighted by Gasteiger charge is -2.26. The number of halogens is 1. The molecule has 0 bridgehead atoms. The lowest BCUT2D eigenvalue weighted by molar-refractivity contribution is -0.139. The average Bonchev–Trinajstić information content (AvgIpc) is 3.05. The minimum absolute atomic E-state index is 0.00519. The van der Waals surface area contributed by atoms with Crippen molar-refractivity contribution in [1.82, 2.24) is 9.80 Å². The number of hydrogen-bond donors (Lipinski definition) is 0. The molecule has 0 atom stereocenters. The number of benzene rings is 1. The lowest BCUT2D eigenvalue weighted by Crippen LogP contribution is -2.43. The summed E-state index contributed by atoms with van der Waals surface area (Å²) >= 11 is 7.33. The van der Waals surface area contributed by atoms with Crippen LogP contribution in [0.2, 0.25) is 0 Å². The summed E-state index contributed by atoms with van der Waals surface area (Å²) in [4.78, 5) is 30.4. The summed E-state index contributed by atoms with van der Waals surface area (Å²) < 4.78 is 0. The zero-order chi connectivity index (χ0) is 18.9. The third kappa shape index (κ3) is 6.00. The largest absolute Gasteiger partial charge is 0.332 e. The van der Waals surface area contributed by atoms with Crippen molar-refractivity contribution in [2.45, 2.75) is 20.0 Å². The van der Waals surface area contributed by atoms with E-state index in [1.807, 2.05) is 49.4 Å². The van der Waals surface area contributed by atoms with Crippen LogP contribution in [0.4, 0.5) is 0 Å². The fraction of sp³-hybridized carbons (Fsp3) is 0.300. The fourth-order valence-corrected chi connectivity index (χ4v) is 3.63. The smallest absolute Gasteiger partial charge is 0.242 e. The van der Waals surface area contributed by atoms with Gasteiger partial charge in [0.2, 0.25) is 11.8 Å². The van der Waals surface area contributed by atoms with Gasteiger partial charge in [-0.25, -0.2) is 0 Å². The average molecular weight is 391 g/mol. The van der Waals surface area contributed by atoms with E-state index >= 15 is 0 Å². The second kappa shape index (κ2) is 10.1. The van der Waals surface area contributed by atoms with Crippen molar-refractivity contribution in [2.75, 3.05) is 19.0 Å². The first kappa shape index (κ1) is 20.2. The van der Waals surface area contributed by atoms with Gasteiger partial charge in [0.1, 0.15) is 12.4 Å². The van der Waals surface area contributed by atoms with Crippen LogP contribution in [0.3, 0.4) is 0 Å². The highest BCUT2D eigenvalue weighted by Gasteiger charge is 2.21. The minimum Gasteiger partial charge on any atom is -0.332 e. The molecule has 2 amide bonds. The Hall–Kier alpha value is -2.11. The normalized spacial score (nSPS) is 10.4. The van der Waals surface area contributed by atoms with Gasteiger partial charge in [-0.05, 0) is 24.6 Å². The van der Waals surface area contributed by atoms with E-state index in [4.69, 9.17) is 11.6 Å². The Labute approximate surface area is 163 Å². The van der Waals surface area contributed by atoms with Crippen molar-refractivity contribution in [3.63, 3.8) is 0 Å². The van der Waals surface area contributed by atoms with Gasteiger partial charge < -0.3 is 9.80 Å². The molecule has 0 radical (unpaired) electrons. The van der Waals surface area contributed by atoms with Gasteiger partial charge in [0, 0.05) is 22.8 Å². The molecule has 0 unspecified atom stereocenters. The molecule has 0 fully saturated rings. The van der Waals surface area contributed by atoms with E-state index in [1.54, 1.807) is 22.3 Å². The molecule has 26 heavy (non-hydrogen) atoms. The molecule has 138 valence electrons. The monoisotopic (exact) mass is 390 g/mol. The quantitative estimate of drug-likeness (QED) is 0.482. The molecular formula is C20H23ClN2O2S. The molecule has 1 heterocycles. The Balaban J connectivity index is 2.16. The van der Waals surface area contributed by atoms with Gasteiger partial charge in [0.15, 0.2) is 0 Å². The Morgan fingerprint density at radius 2 is 1.81 bits per heavy atom. The van der Waals surface area contributed by atoms with Crippen molar-refractivity contribution >= 4 is 34.8 Å².